The number of carbonyl (C=O) groups excluding carboxylic acids is 1. The lowest BCUT2D eigenvalue weighted by Crippen LogP contribution is -2.60. The Balaban J connectivity index is 1.41. The van der Waals surface area contributed by atoms with Crippen LogP contribution in [-0.2, 0) is 25.4 Å². The number of phenolic OH excluding ortho intramolecular Hbond substituents is 1. The highest BCUT2D eigenvalue weighted by Gasteiger charge is 2.50. The zero-order chi connectivity index (χ0) is 25.7. The Morgan fingerprint density at radius 1 is 1.19 bits per heavy atom. The van der Waals surface area contributed by atoms with Crippen LogP contribution in [0.2, 0.25) is 0 Å². The molecule has 0 radical (unpaired) electrons. The van der Waals surface area contributed by atoms with Gasteiger partial charge in [0.05, 0.1) is 31.6 Å². The summed E-state index contributed by atoms with van der Waals surface area (Å²) in [4.78, 5) is 15.2. The van der Waals surface area contributed by atoms with Gasteiger partial charge in [-0.15, -0.1) is 6.58 Å². The first-order valence-corrected chi connectivity index (χ1v) is 11.9. The van der Waals surface area contributed by atoms with Gasteiger partial charge in [-0.25, -0.2) is 0 Å². The Labute approximate surface area is 207 Å². The topological polar surface area (TPSA) is 158 Å². The van der Waals surface area contributed by atoms with Gasteiger partial charge in [0, 0.05) is 18.4 Å². The molecular weight excluding hydrogens is 474 g/mol. The van der Waals surface area contributed by atoms with E-state index in [2.05, 4.69) is 6.58 Å². The Bertz CT molecular complexity index is 1060. The van der Waals surface area contributed by atoms with Crippen molar-refractivity contribution in [3.63, 3.8) is 0 Å². The predicted molar refractivity (Wildman–Crippen MR) is 122 cm³/mol. The number of ether oxygens (including phenoxy) is 4. The highest BCUT2D eigenvalue weighted by atomic mass is 16.8. The number of amides is 1. The quantitative estimate of drug-likeness (QED) is 0.337. The average Bonchev–Trinajstić information content (AvgIpc) is 2.88. The molecule has 0 aliphatic carbocycles. The van der Waals surface area contributed by atoms with Crippen LogP contribution in [-0.4, -0.2) is 93.6 Å². The number of benzene rings is 1. The van der Waals surface area contributed by atoms with Crippen molar-refractivity contribution in [2.24, 2.45) is 11.8 Å². The second-order valence-electron chi connectivity index (χ2n) is 9.55. The average molecular weight is 506 g/mol. The number of aromatic hydroxyl groups is 1. The van der Waals surface area contributed by atoms with Crippen molar-refractivity contribution in [1.82, 2.24) is 4.90 Å². The zero-order valence-corrected chi connectivity index (χ0v) is 19.8. The molecule has 0 saturated carbocycles. The van der Waals surface area contributed by atoms with E-state index in [1.807, 2.05) is 0 Å². The van der Waals surface area contributed by atoms with Gasteiger partial charge in [0.15, 0.2) is 17.8 Å². The van der Waals surface area contributed by atoms with Gasteiger partial charge in [-0.1, -0.05) is 6.08 Å². The van der Waals surface area contributed by atoms with E-state index in [9.17, 15) is 30.3 Å². The largest absolute Gasteiger partial charge is 0.504 e. The maximum absolute atomic E-state index is 13.4. The monoisotopic (exact) mass is 505 g/mol. The van der Waals surface area contributed by atoms with Gasteiger partial charge in [-0.3, -0.25) is 4.79 Å². The minimum absolute atomic E-state index is 0.00274. The summed E-state index contributed by atoms with van der Waals surface area (Å²) in [6.07, 6.45) is -4.10. The number of carbonyl (C=O) groups is 1. The van der Waals surface area contributed by atoms with Crippen molar-refractivity contribution in [2.45, 2.75) is 55.9 Å². The molecule has 9 unspecified atom stereocenters. The number of aliphatic hydroxyl groups excluding tert-OH is 4. The fourth-order valence-electron chi connectivity index (χ4n) is 5.70. The van der Waals surface area contributed by atoms with E-state index in [1.165, 1.54) is 13.4 Å². The van der Waals surface area contributed by atoms with Gasteiger partial charge < -0.3 is 49.4 Å². The third-order valence-corrected chi connectivity index (χ3v) is 7.68. The van der Waals surface area contributed by atoms with Gasteiger partial charge >= 0.3 is 0 Å². The minimum Gasteiger partial charge on any atom is -0.504 e. The lowest BCUT2D eigenvalue weighted by molar-refractivity contribution is -0.339. The number of piperidine rings is 1. The molecule has 36 heavy (non-hydrogen) atoms. The van der Waals surface area contributed by atoms with Gasteiger partial charge in [0.2, 0.25) is 6.29 Å². The summed E-state index contributed by atoms with van der Waals surface area (Å²) in [6.45, 7) is 3.83. The molecule has 0 spiro atoms. The van der Waals surface area contributed by atoms with Gasteiger partial charge in [-0.05, 0) is 36.1 Å². The van der Waals surface area contributed by atoms with Crippen LogP contribution in [0.4, 0.5) is 0 Å². The van der Waals surface area contributed by atoms with Crippen molar-refractivity contribution in [2.75, 3.05) is 20.3 Å². The Kier molecular flexibility index (Phi) is 6.70. The molecule has 9 atom stereocenters. The molecule has 1 aromatic carbocycles. The maximum Gasteiger partial charge on any atom is 0.253 e. The smallest absolute Gasteiger partial charge is 0.253 e. The summed E-state index contributed by atoms with van der Waals surface area (Å²) in [6, 6.07) is 3.17. The summed E-state index contributed by atoms with van der Waals surface area (Å²) in [7, 11) is 1.49. The molecule has 4 aliphatic heterocycles. The summed E-state index contributed by atoms with van der Waals surface area (Å²) in [5.41, 5.74) is 2.33. The third-order valence-electron chi connectivity index (χ3n) is 7.68. The third kappa shape index (κ3) is 3.96. The lowest BCUT2D eigenvalue weighted by atomic mass is 9.73. The SMILES string of the molecule is C=CC1C(OC2OC(CO)C(O)C(O)C2O)OC=C2C(=O)N3CCc4cc(OC)c(O)cc4C3CC21. The predicted octanol–water partition coefficient (Wildman–Crippen LogP) is -0.295. The van der Waals surface area contributed by atoms with Crippen molar-refractivity contribution >= 4 is 5.91 Å². The molecule has 11 heteroatoms. The van der Waals surface area contributed by atoms with Gasteiger partial charge in [0.1, 0.15) is 24.4 Å². The Morgan fingerprint density at radius 2 is 1.97 bits per heavy atom. The second kappa shape index (κ2) is 9.66. The first kappa shape index (κ1) is 25.0. The van der Waals surface area contributed by atoms with E-state index in [0.717, 1.165) is 11.1 Å². The fourth-order valence-corrected chi connectivity index (χ4v) is 5.70. The van der Waals surface area contributed by atoms with Crippen LogP contribution < -0.4 is 4.74 Å². The van der Waals surface area contributed by atoms with E-state index in [1.54, 1.807) is 23.1 Å². The number of aliphatic hydroxyl groups is 4. The first-order chi connectivity index (χ1) is 17.3. The molecule has 5 rings (SSSR count). The van der Waals surface area contributed by atoms with Crippen LogP contribution >= 0.6 is 0 Å². The van der Waals surface area contributed by atoms with E-state index < -0.39 is 49.5 Å². The maximum atomic E-state index is 13.4. The highest BCUT2D eigenvalue weighted by Crippen LogP contribution is 2.49. The van der Waals surface area contributed by atoms with Crippen LogP contribution in [0.15, 0.2) is 36.6 Å². The molecular formula is C25H31NO10. The number of nitrogens with zero attached hydrogens (tertiary/aromatic N) is 1. The number of fused-ring (bicyclic) bond motifs is 4. The molecule has 0 bridgehead atoms. The number of rotatable bonds is 5. The molecule has 1 amide bonds. The van der Waals surface area contributed by atoms with Crippen molar-refractivity contribution in [1.29, 1.82) is 0 Å². The number of hydrogen-bond acceptors (Lipinski definition) is 10. The molecule has 5 N–H and O–H groups in total. The molecule has 2 saturated heterocycles. The van der Waals surface area contributed by atoms with E-state index in [-0.39, 0.29) is 23.6 Å². The first-order valence-electron chi connectivity index (χ1n) is 11.9. The van der Waals surface area contributed by atoms with Gasteiger partial charge in [-0.2, -0.15) is 0 Å². The molecule has 196 valence electrons. The number of hydrogen-bond donors (Lipinski definition) is 5. The Hall–Kier alpha value is -2.67. The molecule has 4 heterocycles. The second-order valence-corrected chi connectivity index (χ2v) is 9.55. The summed E-state index contributed by atoms with van der Waals surface area (Å²) in [5, 5.41) is 50.4. The lowest BCUT2D eigenvalue weighted by Gasteiger charge is -2.48. The van der Waals surface area contributed by atoms with E-state index in [0.29, 0.717) is 30.7 Å². The van der Waals surface area contributed by atoms with Gasteiger partial charge in [0.25, 0.3) is 5.91 Å². The summed E-state index contributed by atoms with van der Waals surface area (Å²) in [5.74, 6) is -0.637. The highest BCUT2D eigenvalue weighted by molar-refractivity contribution is 5.95. The molecule has 4 aliphatic rings. The molecule has 11 nitrogen and oxygen atoms in total. The van der Waals surface area contributed by atoms with Crippen molar-refractivity contribution < 1.29 is 49.3 Å². The summed E-state index contributed by atoms with van der Waals surface area (Å²) >= 11 is 0. The molecule has 0 aromatic heterocycles. The van der Waals surface area contributed by atoms with Crippen molar-refractivity contribution in [3.05, 3.63) is 47.7 Å². The molecule has 1 aromatic rings. The van der Waals surface area contributed by atoms with Crippen LogP contribution in [0, 0.1) is 11.8 Å². The zero-order valence-electron chi connectivity index (χ0n) is 19.8. The Morgan fingerprint density at radius 3 is 2.67 bits per heavy atom. The fraction of sp³-hybridized carbons (Fsp3) is 0.560. The number of phenols is 1. The van der Waals surface area contributed by atoms with E-state index >= 15 is 0 Å². The van der Waals surface area contributed by atoms with E-state index in [4.69, 9.17) is 18.9 Å². The van der Waals surface area contributed by atoms with Crippen molar-refractivity contribution in [3.8, 4) is 11.5 Å². The summed E-state index contributed by atoms with van der Waals surface area (Å²) < 4.78 is 22.3. The minimum atomic E-state index is -1.59. The van der Waals surface area contributed by atoms with Crippen LogP contribution in [0.5, 0.6) is 11.5 Å². The van der Waals surface area contributed by atoms with Crippen LogP contribution in [0.25, 0.3) is 0 Å². The normalized spacial score (nSPS) is 37.7. The molecule has 2 fully saturated rings. The van der Waals surface area contributed by atoms with Crippen LogP contribution in [0.1, 0.15) is 23.6 Å². The van der Waals surface area contributed by atoms with Crippen LogP contribution in [0.3, 0.4) is 0 Å². The number of methoxy groups -OCH3 is 1. The standard InChI is InChI=1S/C25H31NO10/c1-3-12-14-7-16-13-8-17(28)18(33-2)6-11(13)4-5-26(16)23(32)15(14)10-34-24(12)36-25-22(31)21(30)20(29)19(9-27)35-25/h3,6,8,10,12,14,16,19-22,24-25,27-31H,1,4-5,7,9H2,2H3.